The quantitative estimate of drug-likeness (QED) is 0.352. The van der Waals surface area contributed by atoms with E-state index in [1.807, 2.05) is 0 Å². The topological polar surface area (TPSA) is 139 Å². The zero-order chi connectivity index (χ0) is 23.8. The molecule has 1 aliphatic heterocycles. The molecule has 0 saturated heterocycles. The maximum atomic E-state index is 12.6. The van der Waals surface area contributed by atoms with Crippen molar-refractivity contribution in [3.8, 4) is 0 Å². The van der Waals surface area contributed by atoms with Crippen LogP contribution < -0.4 is 10.6 Å². The third-order valence-electron chi connectivity index (χ3n) is 4.36. The molecule has 0 aromatic rings. The predicted octanol–water partition coefficient (Wildman–Crippen LogP) is 0.392. The second kappa shape index (κ2) is 11.4. The summed E-state index contributed by atoms with van der Waals surface area (Å²) in [6, 6.07) is -1.83. The first-order chi connectivity index (χ1) is 14.3. The minimum atomic E-state index is -1.09. The molecule has 0 aliphatic carbocycles. The van der Waals surface area contributed by atoms with E-state index in [1.54, 1.807) is 27.7 Å². The smallest absolute Gasteiger partial charge is 0.306 e. The minimum absolute atomic E-state index is 0.0390. The lowest BCUT2D eigenvalue weighted by molar-refractivity contribution is -0.155. The molecule has 0 aromatic carbocycles. The van der Waals surface area contributed by atoms with Crippen LogP contribution in [0.15, 0.2) is 12.2 Å². The number of rotatable bonds is 11. The first-order valence-corrected chi connectivity index (χ1v) is 10.2. The molecule has 0 radical (unpaired) electrons. The van der Waals surface area contributed by atoms with Gasteiger partial charge in [-0.2, -0.15) is 0 Å². The number of esters is 1. The van der Waals surface area contributed by atoms with Gasteiger partial charge in [-0.15, -0.1) is 0 Å². The molecule has 0 unspecified atom stereocenters. The van der Waals surface area contributed by atoms with Crippen LogP contribution in [0.4, 0.5) is 0 Å². The van der Waals surface area contributed by atoms with Crippen LogP contribution >= 0.6 is 0 Å². The van der Waals surface area contributed by atoms with E-state index in [9.17, 15) is 28.8 Å². The number of Topliss-reactive ketones (excluding diaryl/α,β-unsaturated/α-hetero) is 1. The van der Waals surface area contributed by atoms with Gasteiger partial charge in [0.2, 0.25) is 11.8 Å². The normalized spacial score (nSPS) is 15.5. The molecule has 0 fully saturated rings. The number of ether oxygens (including phenoxy) is 1. The summed E-state index contributed by atoms with van der Waals surface area (Å²) in [6.45, 7) is 8.21. The molecule has 1 heterocycles. The number of hydrogen-bond donors (Lipinski definition) is 2. The van der Waals surface area contributed by atoms with E-state index in [0.29, 0.717) is 0 Å². The summed E-state index contributed by atoms with van der Waals surface area (Å²) < 4.78 is 5.22. The Morgan fingerprint density at radius 3 is 2.13 bits per heavy atom. The number of carbonyl (C=O) groups is 6. The molecule has 1 rings (SSSR count). The minimum Gasteiger partial charge on any atom is -0.460 e. The van der Waals surface area contributed by atoms with Gasteiger partial charge in [0.25, 0.3) is 11.8 Å². The first kappa shape index (κ1) is 26.0. The number of nitrogens with zero attached hydrogens (tertiary/aromatic N) is 1. The van der Waals surface area contributed by atoms with Gasteiger partial charge < -0.3 is 15.4 Å². The first-order valence-electron chi connectivity index (χ1n) is 10.2. The summed E-state index contributed by atoms with van der Waals surface area (Å²) >= 11 is 0. The molecule has 10 heteroatoms. The average Bonchev–Trinajstić information content (AvgIpc) is 2.98. The molecule has 4 amide bonds. The third-order valence-corrected chi connectivity index (χ3v) is 4.36. The van der Waals surface area contributed by atoms with Crippen LogP contribution in [-0.2, 0) is 33.5 Å². The zero-order valence-corrected chi connectivity index (χ0v) is 18.6. The Hall–Kier alpha value is -3.04. The van der Waals surface area contributed by atoms with Gasteiger partial charge in [-0.3, -0.25) is 33.7 Å². The van der Waals surface area contributed by atoms with Crippen LogP contribution in [-0.4, -0.2) is 64.5 Å². The molecule has 2 atom stereocenters. The Bertz CT molecular complexity index is 749. The summed E-state index contributed by atoms with van der Waals surface area (Å²) in [5, 5.41) is 5.05. The van der Waals surface area contributed by atoms with Crippen LogP contribution in [0.3, 0.4) is 0 Å². The highest BCUT2D eigenvalue weighted by Gasteiger charge is 2.28. The Balaban J connectivity index is 2.73. The van der Waals surface area contributed by atoms with Crippen molar-refractivity contribution in [3.63, 3.8) is 0 Å². The second-order valence-electron chi connectivity index (χ2n) is 8.21. The molecule has 0 aromatic heterocycles. The van der Waals surface area contributed by atoms with Gasteiger partial charge >= 0.3 is 5.97 Å². The van der Waals surface area contributed by atoms with Gasteiger partial charge in [0.05, 0.1) is 6.04 Å². The molecule has 0 saturated carbocycles. The Morgan fingerprint density at radius 1 is 1.03 bits per heavy atom. The van der Waals surface area contributed by atoms with Crippen molar-refractivity contribution < 1.29 is 33.5 Å². The highest BCUT2D eigenvalue weighted by Crippen LogP contribution is 2.11. The predicted molar refractivity (Wildman–Crippen MR) is 110 cm³/mol. The Morgan fingerprint density at radius 2 is 1.61 bits per heavy atom. The third kappa shape index (κ3) is 9.10. The van der Waals surface area contributed by atoms with Gasteiger partial charge in [-0.1, -0.05) is 6.92 Å². The lowest BCUT2D eigenvalue weighted by Gasteiger charge is -2.23. The summed E-state index contributed by atoms with van der Waals surface area (Å²) in [5.74, 6) is -2.92. The number of amides is 4. The van der Waals surface area contributed by atoms with E-state index in [1.165, 1.54) is 6.92 Å². The molecule has 2 N–H and O–H groups in total. The number of nitrogens with one attached hydrogen (secondary N) is 2. The largest absolute Gasteiger partial charge is 0.460 e. The Kier molecular flexibility index (Phi) is 9.54. The van der Waals surface area contributed by atoms with E-state index in [4.69, 9.17) is 4.74 Å². The van der Waals surface area contributed by atoms with Crippen molar-refractivity contribution in [2.45, 2.75) is 78.0 Å². The maximum absolute atomic E-state index is 12.6. The maximum Gasteiger partial charge on any atom is 0.306 e. The number of hydrogen-bond acceptors (Lipinski definition) is 7. The van der Waals surface area contributed by atoms with Crippen LogP contribution in [0.5, 0.6) is 0 Å². The van der Waals surface area contributed by atoms with Crippen LogP contribution in [0, 0.1) is 0 Å². The molecule has 172 valence electrons. The van der Waals surface area contributed by atoms with Crippen molar-refractivity contribution in [1.29, 1.82) is 0 Å². The average molecular weight is 437 g/mol. The molecular weight excluding hydrogens is 406 g/mol. The molecule has 10 nitrogen and oxygen atoms in total. The molecule has 1 aliphatic rings. The Labute approximate surface area is 181 Å². The monoisotopic (exact) mass is 437 g/mol. The van der Waals surface area contributed by atoms with E-state index in [0.717, 1.165) is 17.1 Å². The summed E-state index contributed by atoms with van der Waals surface area (Å²) in [7, 11) is 0. The van der Waals surface area contributed by atoms with Crippen molar-refractivity contribution in [2.24, 2.45) is 0 Å². The number of ketones is 1. The summed E-state index contributed by atoms with van der Waals surface area (Å²) in [6.07, 6.45) is 2.09. The second-order valence-corrected chi connectivity index (χ2v) is 8.21. The van der Waals surface area contributed by atoms with Gasteiger partial charge in [0, 0.05) is 38.0 Å². The van der Waals surface area contributed by atoms with Gasteiger partial charge in [-0.05, 0) is 34.1 Å². The summed E-state index contributed by atoms with van der Waals surface area (Å²) in [5.41, 5.74) is -0.691. The van der Waals surface area contributed by atoms with Crippen molar-refractivity contribution in [3.05, 3.63) is 12.2 Å². The number of carbonyl (C=O) groups excluding carboxylic acids is 6. The SMILES string of the molecule is CCC(=O)[C@H](C)NC(=O)[C@H](CCC(=O)OC(C)(C)C)NC(=O)CCN1C(=O)C=CC1=O. The standard InChI is InChI=1S/C21H31N3O7/c1-6-15(25)13(2)22-20(30)14(7-10-19(29)31-21(3,4)5)23-16(26)11-12-24-17(27)8-9-18(24)28/h8-9,13-14H,6-7,10-12H2,1-5H3,(H,22,30)(H,23,26)/t13-,14-/m0/s1. The summed E-state index contributed by atoms with van der Waals surface area (Å²) in [4.78, 5) is 72.8. The van der Waals surface area contributed by atoms with E-state index in [2.05, 4.69) is 10.6 Å². The molecule has 0 spiro atoms. The van der Waals surface area contributed by atoms with Gasteiger partial charge in [0.15, 0.2) is 5.78 Å². The molecule has 31 heavy (non-hydrogen) atoms. The van der Waals surface area contributed by atoms with Crippen LogP contribution in [0.2, 0.25) is 0 Å². The van der Waals surface area contributed by atoms with E-state index in [-0.39, 0.29) is 38.0 Å². The molecule has 0 bridgehead atoms. The van der Waals surface area contributed by atoms with Crippen molar-refractivity contribution in [2.75, 3.05) is 6.54 Å². The van der Waals surface area contributed by atoms with Gasteiger partial charge in [-0.25, -0.2) is 0 Å². The van der Waals surface area contributed by atoms with Gasteiger partial charge in [0.1, 0.15) is 11.6 Å². The fourth-order valence-electron chi connectivity index (χ4n) is 2.76. The van der Waals surface area contributed by atoms with Crippen LogP contribution in [0.25, 0.3) is 0 Å². The fourth-order valence-corrected chi connectivity index (χ4v) is 2.76. The van der Waals surface area contributed by atoms with E-state index >= 15 is 0 Å². The molecular formula is C21H31N3O7. The lowest BCUT2D eigenvalue weighted by atomic mass is 10.1. The van der Waals surface area contributed by atoms with Crippen LogP contribution in [0.1, 0.15) is 60.3 Å². The fraction of sp³-hybridized carbons (Fsp3) is 0.619. The van der Waals surface area contributed by atoms with E-state index < -0.39 is 47.3 Å². The highest BCUT2D eigenvalue weighted by molar-refractivity contribution is 6.13. The highest BCUT2D eigenvalue weighted by atomic mass is 16.6. The number of imide groups is 1. The lowest BCUT2D eigenvalue weighted by Crippen LogP contribution is -2.51. The van der Waals surface area contributed by atoms with Crippen molar-refractivity contribution >= 4 is 35.4 Å². The van der Waals surface area contributed by atoms with Crippen molar-refractivity contribution in [1.82, 2.24) is 15.5 Å². The zero-order valence-electron chi connectivity index (χ0n) is 18.6.